The summed E-state index contributed by atoms with van der Waals surface area (Å²) in [6.45, 7) is 16.5. The molecule has 0 aromatic rings. The van der Waals surface area contributed by atoms with Crippen LogP contribution in [0.25, 0.3) is 0 Å². The van der Waals surface area contributed by atoms with Crippen molar-refractivity contribution in [3.8, 4) is 0 Å². The van der Waals surface area contributed by atoms with Crippen LogP contribution in [0, 0.1) is 40.4 Å². The van der Waals surface area contributed by atoms with Crippen LogP contribution in [0.3, 0.4) is 0 Å². The van der Waals surface area contributed by atoms with Crippen LogP contribution >= 0.6 is 0 Å². The van der Waals surface area contributed by atoms with Gasteiger partial charge in [-0.1, -0.05) is 46.3 Å². The van der Waals surface area contributed by atoms with Gasteiger partial charge < -0.3 is 14.8 Å². The van der Waals surface area contributed by atoms with E-state index < -0.39 is 0 Å². The molecule has 0 aromatic carbocycles. The van der Waals surface area contributed by atoms with E-state index in [2.05, 4.69) is 46.0 Å². The molecule has 1 aliphatic heterocycles. The van der Waals surface area contributed by atoms with Crippen molar-refractivity contribution >= 4 is 11.9 Å². The third kappa shape index (κ3) is 4.96. The van der Waals surface area contributed by atoms with Gasteiger partial charge in [0.15, 0.2) is 0 Å². The van der Waals surface area contributed by atoms with Gasteiger partial charge in [0.1, 0.15) is 11.7 Å². The number of ether oxygens (including phenoxy) is 2. The summed E-state index contributed by atoms with van der Waals surface area (Å²) >= 11 is 0. The zero-order valence-electron chi connectivity index (χ0n) is 26.4. The molecule has 0 radical (unpaired) electrons. The van der Waals surface area contributed by atoms with Crippen molar-refractivity contribution in [2.45, 2.75) is 137 Å². The molecule has 40 heavy (non-hydrogen) atoms. The molecule has 5 rings (SSSR count). The Morgan fingerprint density at radius 3 is 2.65 bits per heavy atom. The molecule has 0 saturated heterocycles. The van der Waals surface area contributed by atoms with Crippen molar-refractivity contribution < 1.29 is 19.1 Å². The summed E-state index contributed by atoms with van der Waals surface area (Å²) in [4.78, 5) is 23.5. The molecule has 0 aromatic heterocycles. The number of hydrogen-bond acceptors (Lipinski definition) is 4. The molecular weight excluding hydrogens is 498 g/mol. The second-order valence-corrected chi connectivity index (χ2v) is 14.8. The fourth-order valence-electron chi connectivity index (χ4n) is 10.3. The Hall–Kier alpha value is -1.78. The first-order valence-electron chi connectivity index (χ1n) is 16.5. The van der Waals surface area contributed by atoms with E-state index in [-0.39, 0.29) is 29.0 Å². The predicted molar refractivity (Wildman–Crippen MR) is 159 cm³/mol. The third-order valence-electron chi connectivity index (χ3n) is 12.4. The number of fused-ring (bicyclic) bond motifs is 7. The van der Waals surface area contributed by atoms with Crippen LogP contribution < -0.4 is 5.32 Å². The highest BCUT2D eigenvalue weighted by Gasteiger charge is 2.68. The highest BCUT2D eigenvalue weighted by Crippen LogP contribution is 2.72. The highest BCUT2D eigenvalue weighted by atomic mass is 16.5. The highest BCUT2D eigenvalue weighted by molar-refractivity contribution is 5.72. The second-order valence-electron chi connectivity index (χ2n) is 14.8. The first-order valence-corrected chi connectivity index (χ1v) is 16.5. The van der Waals surface area contributed by atoms with E-state index in [0.717, 1.165) is 63.3 Å². The Balaban J connectivity index is 1.32. The second kappa shape index (κ2) is 11.1. The van der Waals surface area contributed by atoms with Crippen molar-refractivity contribution in [3.05, 3.63) is 23.0 Å². The molecule has 3 fully saturated rings. The van der Waals surface area contributed by atoms with Crippen molar-refractivity contribution in [1.29, 1.82) is 0 Å². The van der Waals surface area contributed by atoms with Gasteiger partial charge in [0.05, 0.1) is 5.76 Å². The van der Waals surface area contributed by atoms with Gasteiger partial charge in [0, 0.05) is 38.6 Å². The SMILES string of the molecule is CCCC(=O)OC1CCC2(C)C(=CCC3C2CCC2(C)C3CC3(CC)OC(CCC(C)CNC(C)=O)=C(C)C32)C1. The number of amides is 1. The maximum atomic E-state index is 12.2. The quantitative estimate of drug-likeness (QED) is 0.233. The van der Waals surface area contributed by atoms with Crippen molar-refractivity contribution in [3.63, 3.8) is 0 Å². The van der Waals surface area contributed by atoms with Crippen molar-refractivity contribution in [2.75, 3.05) is 6.54 Å². The van der Waals surface area contributed by atoms with E-state index in [1.165, 1.54) is 37.0 Å². The summed E-state index contributed by atoms with van der Waals surface area (Å²) in [6.07, 6.45) is 15.2. The van der Waals surface area contributed by atoms with Gasteiger partial charge in [-0.15, -0.1) is 0 Å². The van der Waals surface area contributed by atoms with Crippen LogP contribution in [0.1, 0.15) is 126 Å². The Labute approximate surface area is 243 Å². The zero-order chi connectivity index (χ0) is 28.9. The van der Waals surface area contributed by atoms with Crippen LogP contribution in [0.5, 0.6) is 0 Å². The minimum Gasteiger partial charge on any atom is -0.491 e. The summed E-state index contributed by atoms with van der Waals surface area (Å²) in [5.41, 5.74) is 3.58. The standard InChI is InChI=1S/C35H55NO4/c1-8-10-31(38)39-26-15-17-33(6)25(19-26)12-13-27-28(33)16-18-34(7)29(27)20-35(9-2)32(34)23(4)30(40-35)14-11-22(3)21-36-24(5)37/h12,22,26-29,32H,8-11,13-21H2,1-7H3,(H,36,37). The molecule has 3 saturated carbocycles. The summed E-state index contributed by atoms with van der Waals surface area (Å²) in [6, 6.07) is 0. The lowest BCUT2D eigenvalue weighted by Crippen LogP contribution is -2.50. The van der Waals surface area contributed by atoms with Gasteiger partial charge in [-0.2, -0.15) is 0 Å². The van der Waals surface area contributed by atoms with Crippen molar-refractivity contribution in [1.82, 2.24) is 5.32 Å². The normalized spacial score (nSPS) is 40.7. The average molecular weight is 554 g/mol. The molecule has 9 unspecified atom stereocenters. The fraction of sp³-hybridized carbons (Fsp3) is 0.829. The molecule has 5 nitrogen and oxygen atoms in total. The molecule has 4 aliphatic carbocycles. The molecule has 1 N–H and O–H groups in total. The largest absolute Gasteiger partial charge is 0.491 e. The number of carbonyl (C=O) groups is 2. The topological polar surface area (TPSA) is 64.6 Å². The summed E-state index contributed by atoms with van der Waals surface area (Å²) in [7, 11) is 0. The van der Waals surface area contributed by atoms with Gasteiger partial charge in [-0.3, -0.25) is 9.59 Å². The van der Waals surface area contributed by atoms with Crippen molar-refractivity contribution in [2.24, 2.45) is 40.4 Å². The van der Waals surface area contributed by atoms with E-state index in [1.54, 1.807) is 12.5 Å². The number of nitrogens with one attached hydrogen (secondary N) is 1. The van der Waals surface area contributed by atoms with E-state index in [4.69, 9.17) is 9.47 Å². The van der Waals surface area contributed by atoms with E-state index >= 15 is 0 Å². The van der Waals surface area contributed by atoms with E-state index in [0.29, 0.717) is 29.6 Å². The van der Waals surface area contributed by atoms with Gasteiger partial charge >= 0.3 is 5.97 Å². The first kappa shape index (κ1) is 29.7. The van der Waals surface area contributed by atoms with Crippen LogP contribution in [-0.4, -0.2) is 30.1 Å². The predicted octanol–water partition coefficient (Wildman–Crippen LogP) is 7.89. The molecule has 0 bridgehead atoms. The first-order chi connectivity index (χ1) is 19.0. The smallest absolute Gasteiger partial charge is 0.306 e. The number of rotatable bonds is 9. The Bertz CT molecular complexity index is 1060. The number of esters is 1. The monoisotopic (exact) mass is 553 g/mol. The third-order valence-corrected chi connectivity index (χ3v) is 12.4. The number of hydrogen-bond donors (Lipinski definition) is 1. The maximum Gasteiger partial charge on any atom is 0.306 e. The van der Waals surface area contributed by atoms with Gasteiger partial charge in [-0.05, 0) is 105 Å². The molecule has 5 heteroatoms. The Morgan fingerprint density at radius 1 is 1.18 bits per heavy atom. The van der Waals surface area contributed by atoms with Crippen LogP contribution in [-0.2, 0) is 19.1 Å². The number of allylic oxidation sites excluding steroid dienone is 2. The molecular formula is C35H55NO4. The van der Waals surface area contributed by atoms with E-state index in [9.17, 15) is 9.59 Å². The summed E-state index contributed by atoms with van der Waals surface area (Å²) in [5.74, 6) is 4.38. The molecule has 9 atom stereocenters. The van der Waals surface area contributed by atoms with E-state index in [1.807, 2.05) is 6.92 Å². The molecule has 224 valence electrons. The Morgan fingerprint density at radius 2 is 1.95 bits per heavy atom. The zero-order valence-corrected chi connectivity index (χ0v) is 26.4. The minimum absolute atomic E-state index is 0.0221. The lowest BCUT2D eigenvalue weighted by atomic mass is 9.47. The van der Waals surface area contributed by atoms with Gasteiger partial charge in [0.2, 0.25) is 5.91 Å². The summed E-state index contributed by atoms with van der Waals surface area (Å²) < 4.78 is 13.0. The van der Waals surface area contributed by atoms with Gasteiger partial charge in [0.25, 0.3) is 0 Å². The van der Waals surface area contributed by atoms with Crippen LogP contribution in [0.4, 0.5) is 0 Å². The van der Waals surface area contributed by atoms with Crippen LogP contribution in [0.15, 0.2) is 23.0 Å². The van der Waals surface area contributed by atoms with Gasteiger partial charge in [-0.25, -0.2) is 0 Å². The molecule has 5 aliphatic rings. The maximum absolute atomic E-state index is 12.2. The Kier molecular flexibility index (Phi) is 8.27. The summed E-state index contributed by atoms with van der Waals surface area (Å²) in [5, 5.41) is 2.98. The molecule has 0 spiro atoms. The molecule has 1 amide bonds. The van der Waals surface area contributed by atoms with Crippen LogP contribution in [0.2, 0.25) is 0 Å². The minimum atomic E-state index is -0.0510. The number of carbonyl (C=O) groups excluding carboxylic acids is 2. The molecule has 1 heterocycles. The lowest BCUT2D eigenvalue weighted by molar-refractivity contribution is -0.151. The average Bonchev–Trinajstić information content (AvgIpc) is 3.35. The lowest BCUT2D eigenvalue weighted by Gasteiger charge is -2.58. The fourth-order valence-corrected chi connectivity index (χ4v) is 10.3.